The van der Waals surface area contributed by atoms with Crippen LogP contribution >= 0.6 is 0 Å². The molecule has 5 fully saturated rings. The molecule has 0 unspecified atom stereocenters. The lowest BCUT2D eigenvalue weighted by Crippen LogP contribution is -2.45. The summed E-state index contributed by atoms with van der Waals surface area (Å²) in [5.41, 5.74) is 7.37. The van der Waals surface area contributed by atoms with Gasteiger partial charge >= 0.3 is 0 Å². The van der Waals surface area contributed by atoms with Crippen LogP contribution in [0.15, 0.2) is 6.07 Å². The summed E-state index contributed by atoms with van der Waals surface area (Å²) in [4.78, 5) is 14.0. The Morgan fingerprint density at radius 3 is 2.17 bits per heavy atom. The Hall–Kier alpha value is -1.36. The van der Waals surface area contributed by atoms with Crippen molar-refractivity contribution in [2.75, 3.05) is 43.9 Å². The molecule has 0 aromatic carbocycles. The van der Waals surface area contributed by atoms with E-state index >= 15 is 0 Å². The van der Waals surface area contributed by atoms with E-state index in [-0.39, 0.29) is 0 Å². The van der Waals surface area contributed by atoms with E-state index < -0.39 is 0 Å². The number of hydrogen-bond donors (Lipinski definition) is 1. The number of piperazine rings is 1. The second-order valence-electron chi connectivity index (χ2n) is 8.76. The molecule has 4 aliphatic carbocycles. The first-order chi connectivity index (χ1) is 11.7. The standard InChI is InChI=1S/C19H29N5/c1-23-2-4-24(5-3-23)17-11-16(21-19(20)22-17)18-14-7-12-6-13(9-14)10-15(18)8-12/h11-15,18H,2-10H2,1H3,(H2,20,21,22). The molecule has 130 valence electrons. The molecule has 5 heteroatoms. The van der Waals surface area contributed by atoms with E-state index in [0.29, 0.717) is 11.9 Å². The van der Waals surface area contributed by atoms with Gasteiger partial charge in [-0.3, -0.25) is 0 Å². The van der Waals surface area contributed by atoms with Gasteiger partial charge in [-0.25, -0.2) is 4.98 Å². The normalized spacial score (nSPS) is 38.7. The van der Waals surface area contributed by atoms with Crippen molar-refractivity contribution in [3.63, 3.8) is 0 Å². The van der Waals surface area contributed by atoms with Crippen LogP contribution in [-0.2, 0) is 0 Å². The van der Waals surface area contributed by atoms with E-state index in [4.69, 9.17) is 10.7 Å². The average molecular weight is 327 g/mol. The van der Waals surface area contributed by atoms with Crippen LogP contribution in [0.25, 0.3) is 0 Å². The van der Waals surface area contributed by atoms with Crippen molar-refractivity contribution in [1.29, 1.82) is 0 Å². The Kier molecular flexibility index (Phi) is 3.47. The largest absolute Gasteiger partial charge is 0.368 e. The van der Waals surface area contributed by atoms with Gasteiger partial charge in [-0.2, -0.15) is 4.98 Å². The van der Waals surface area contributed by atoms with Crippen molar-refractivity contribution >= 4 is 11.8 Å². The number of nitrogens with zero attached hydrogens (tertiary/aromatic N) is 4. The predicted molar refractivity (Wildman–Crippen MR) is 95.9 cm³/mol. The van der Waals surface area contributed by atoms with Gasteiger partial charge < -0.3 is 15.5 Å². The first-order valence-corrected chi connectivity index (χ1v) is 9.73. The van der Waals surface area contributed by atoms with Crippen molar-refractivity contribution in [3.8, 4) is 0 Å². The first kappa shape index (κ1) is 14.9. The van der Waals surface area contributed by atoms with Crippen LogP contribution in [0.5, 0.6) is 0 Å². The van der Waals surface area contributed by atoms with Gasteiger partial charge in [0.05, 0.1) is 5.69 Å². The number of aromatic nitrogens is 2. The number of hydrogen-bond acceptors (Lipinski definition) is 5. The van der Waals surface area contributed by atoms with Gasteiger partial charge in [0, 0.05) is 38.2 Å². The smallest absolute Gasteiger partial charge is 0.222 e. The Labute approximate surface area is 144 Å². The summed E-state index contributed by atoms with van der Waals surface area (Å²) >= 11 is 0. The highest BCUT2D eigenvalue weighted by Crippen LogP contribution is 2.59. The van der Waals surface area contributed by atoms with E-state index in [9.17, 15) is 0 Å². The zero-order chi connectivity index (χ0) is 16.3. The van der Waals surface area contributed by atoms with Crippen molar-refractivity contribution in [2.24, 2.45) is 23.7 Å². The molecule has 4 bridgehead atoms. The molecule has 1 saturated heterocycles. The molecule has 0 spiro atoms. The topological polar surface area (TPSA) is 58.3 Å². The quantitative estimate of drug-likeness (QED) is 0.903. The molecule has 5 aliphatic rings. The minimum atomic E-state index is 0.468. The molecule has 4 saturated carbocycles. The fraction of sp³-hybridized carbons (Fsp3) is 0.789. The number of likely N-dealkylation sites (N-methyl/N-ethyl adjacent to an activating group) is 1. The highest BCUT2D eigenvalue weighted by atomic mass is 15.3. The minimum absolute atomic E-state index is 0.468. The molecule has 0 radical (unpaired) electrons. The summed E-state index contributed by atoms with van der Waals surface area (Å²) in [6.45, 7) is 4.26. The van der Waals surface area contributed by atoms with Gasteiger partial charge in [0.15, 0.2) is 0 Å². The van der Waals surface area contributed by atoms with Crippen molar-refractivity contribution < 1.29 is 0 Å². The lowest BCUT2D eigenvalue weighted by Gasteiger charge is -2.54. The molecule has 1 aromatic rings. The maximum absolute atomic E-state index is 6.13. The van der Waals surface area contributed by atoms with Crippen LogP contribution in [0.3, 0.4) is 0 Å². The zero-order valence-corrected chi connectivity index (χ0v) is 14.7. The lowest BCUT2D eigenvalue weighted by atomic mass is 9.51. The first-order valence-electron chi connectivity index (χ1n) is 9.73. The summed E-state index contributed by atoms with van der Waals surface area (Å²) in [5.74, 6) is 5.84. The van der Waals surface area contributed by atoms with E-state index in [2.05, 4.69) is 27.9 Å². The van der Waals surface area contributed by atoms with Gasteiger partial charge in [-0.1, -0.05) is 0 Å². The molecule has 24 heavy (non-hydrogen) atoms. The van der Waals surface area contributed by atoms with Gasteiger partial charge in [0.1, 0.15) is 5.82 Å². The molecule has 0 atom stereocenters. The molecule has 2 heterocycles. The molecule has 0 amide bonds. The summed E-state index contributed by atoms with van der Waals surface area (Å²) in [6, 6.07) is 2.27. The Morgan fingerprint density at radius 1 is 0.917 bits per heavy atom. The van der Waals surface area contributed by atoms with Crippen LogP contribution in [0.4, 0.5) is 11.8 Å². The Balaban J connectivity index is 1.44. The fourth-order valence-corrected chi connectivity index (χ4v) is 6.25. The van der Waals surface area contributed by atoms with Crippen LogP contribution in [-0.4, -0.2) is 48.1 Å². The van der Waals surface area contributed by atoms with Crippen LogP contribution in [0.2, 0.25) is 0 Å². The van der Waals surface area contributed by atoms with Gasteiger partial charge in [-0.15, -0.1) is 0 Å². The summed E-state index contributed by atoms with van der Waals surface area (Å²) in [6.07, 6.45) is 7.19. The molecule has 2 N–H and O–H groups in total. The predicted octanol–water partition coefficient (Wildman–Crippen LogP) is 2.35. The Morgan fingerprint density at radius 2 is 1.54 bits per heavy atom. The number of rotatable bonds is 2. The van der Waals surface area contributed by atoms with Crippen LogP contribution in [0.1, 0.15) is 43.7 Å². The van der Waals surface area contributed by atoms with Crippen LogP contribution in [0, 0.1) is 23.7 Å². The van der Waals surface area contributed by atoms with Crippen molar-refractivity contribution in [2.45, 2.75) is 38.0 Å². The molecular weight excluding hydrogens is 298 g/mol. The van der Waals surface area contributed by atoms with Gasteiger partial charge in [0.25, 0.3) is 0 Å². The fourth-order valence-electron chi connectivity index (χ4n) is 6.25. The average Bonchev–Trinajstić information content (AvgIpc) is 2.54. The second-order valence-corrected chi connectivity index (χ2v) is 8.76. The van der Waals surface area contributed by atoms with Crippen molar-refractivity contribution in [1.82, 2.24) is 14.9 Å². The number of nitrogens with two attached hydrogens (primary N) is 1. The maximum Gasteiger partial charge on any atom is 0.222 e. The SMILES string of the molecule is CN1CCN(c2cc(C3C4CC5CC(C4)CC3C5)nc(N)n2)CC1. The lowest BCUT2D eigenvalue weighted by molar-refractivity contribution is -0.00412. The van der Waals surface area contributed by atoms with E-state index in [0.717, 1.165) is 55.7 Å². The van der Waals surface area contributed by atoms with E-state index in [1.807, 2.05) is 0 Å². The molecule has 5 nitrogen and oxygen atoms in total. The highest BCUT2D eigenvalue weighted by Gasteiger charge is 2.49. The van der Waals surface area contributed by atoms with Crippen LogP contribution < -0.4 is 10.6 Å². The van der Waals surface area contributed by atoms with Gasteiger partial charge in [0.2, 0.25) is 5.95 Å². The minimum Gasteiger partial charge on any atom is -0.368 e. The third-order valence-corrected chi connectivity index (χ3v) is 7.15. The second kappa shape index (κ2) is 5.58. The zero-order valence-electron chi connectivity index (χ0n) is 14.7. The summed E-state index contributed by atoms with van der Waals surface area (Å²) in [5, 5.41) is 0. The molecule has 1 aromatic heterocycles. The number of nitrogen functional groups attached to an aromatic ring is 1. The summed E-state index contributed by atoms with van der Waals surface area (Å²) < 4.78 is 0. The maximum atomic E-state index is 6.13. The van der Waals surface area contributed by atoms with E-state index in [1.54, 1.807) is 0 Å². The Bertz CT molecular complexity index is 594. The molecule has 6 rings (SSSR count). The van der Waals surface area contributed by atoms with E-state index in [1.165, 1.54) is 37.8 Å². The third kappa shape index (κ3) is 2.48. The van der Waals surface area contributed by atoms with Gasteiger partial charge in [-0.05, 0) is 62.8 Å². The van der Waals surface area contributed by atoms with Crippen molar-refractivity contribution in [3.05, 3.63) is 11.8 Å². The number of anilines is 2. The summed E-state index contributed by atoms with van der Waals surface area (Å²) in [7, 11) is 2.19. The molecule has 1 aliphatic heterocycles. The highest BCUT2D eigenvalue weighted by molar-refractivity contribution is 5.45. The monoisotopic (exact) mass is 327 g/mol. The molecular formula is C19H29N5. The third-order valence-electron chi connectivity index (χ3n) is 7.15.